The molecule has 19 heavy (non-hydrogen) atoms. The summed E-state index contributed by atoms with van der Waals surface area (Å²) in [5.41, 5.74) is 4.56. The van der Waals surface area contributed by atoms with Gasteiger partial charge in [0.25, 0.3) is 10.1 Å². The van der Waals surface area contributed by atoms with Gasteiger partial charge in [0.15, 0.2) is 0 Å². The Kier molecular flexibility index (Phi) is 4.47. The number of rotatable bonds is 3. The van der Waals surface area contributed by atoms with Crippen LogP contribution in [0.4, 0.5) is 0 Å². The summed E-state index contributed by atoms with van der Waals surface area (Å²) in [6.07, 6.45) is 0. The van der Waals surface area contributed by atoms with Crippen molar-refractivity contribution in [3.8, 4) is 0 Å². The van der Waals surface area contributed by atoms with Crippen LogP contribution in [-0.2, 0) is 10.1 Å². The van der Waals surface area contributed by atoms with Gasteiger partial charge in [0.2, 0.25) is 0 Å². The maximum atomic E-state index is 11.7. The van der Waals surface area contributed by atoms with Crippen LogP contribution in [0.3, 0.4) is 0 Å². The molecule has 0 radical (unpaired) electrons. The summed E-state index contributed by atoms with van der Waals surface area (Å²) in [4.78, 5) is 0.0884. The Morgan fingerprint density at radius 3 is 1.32 bits per heavy atom. The Hall–Kier alpha value is -0.870. The molecule has 0 amide bonds. The molecular weight excluding hydrogens is 260 g/mol. The topological polar surface area (TPSA) is 54.4 Å². The van der Waals surface area contributed by atoms with Gasteiger partial charge in [0.1, 0.15) is 4.90 Å². The Labute approximate surface area is 116 Å². The molecule has 0 fully saturated rings. The van der Waals surface area contributed by atoms with E-state index >= 15 is 0 Å². The highest BCUT2D eigenvalue weighted by Crippen LogP contribution is 2.37. The standard InChI is InChI=1S/C15H24O3S/c1-8(2)13-10(5)14(9(3)4)12(7)15(11(13)6)19(16,17)18/h8-9H,1-7H3,(H,16,17,18). The van der Waals surface area contributed by atoms with Crippen molar-refractivity contribution in [2.75, 3.05) is 0 Å². The minimum atomic E-state index is -4.19. The fraction of sp³-hybridized carbons (Fsp3) is 0.600. The van der Waals surface area contributed by atoms with E-state index in [1.807, 2.05) is 34.6 Å². The summed E-state index contributed by atoms with van der Waals surface area (Å²) in [7, 11) is -4.19. The molecule has 3 nitrogen and oxygen atoms in total. The highest BCUT2D eigenvalue weighted by molar-refractivity contribution is 7.86. The van der Waals surface area contributed by atoms with E-state index in [4.69, 9.17) is 0 Å². The van der Waals surface area contributed by atoms with Crippen molar-refractivity contribution in [2.24, 2.45) is 0 Å². The van der Waals surface area contributed by atoms with Gasteiger partial charge in [-0.1, -0.05) is 27.7 Å². The van der Waals surface area contributed by atoms with Gasteiger partial charge in [-0.15, -0.1) is 0 Å². The van der Waals surface area contributed by atoms with E-state index < -0.39 is 10.1 Å². The maximum absolute atomic E-state index is 11.7. The first-order chi connectivity index (χ1) is 8.50. The van der Waals surface area contributed by atoms with Gasteiger partial charge in [-0.25, -0.2) is 0 Å². The van der Waals surface area contributed by atoms with Crippen molar-refractivity contribution in [1.82, 2.24) is 0 Å². The highest BCUT2D eigenvalue weighted by Gasteiger charge is 2.26. The molecule has 0 aliphatic heterocycles. The molecule has 0 atom stereocenters. The predicted octanol–water partition coefficient (Wildman–Crippen LogP) is 4.11. The van der Waals surface area contributed by atoms with E-state index in [9.17, 15) is 13.0 Å². The number of hydrogen-bond acceptors (Lipinski definition) is 2. The molecule has 0 heterocycles. The minimum absolute atomic E-state index is 0.0884. The summed E-state index contributed by atoms with van der Waals surface area (Å²) < 4.78 is 32.9. The van der Waals surface area contributed by atoms with Crippen molar-refractivity contribution in [3.63, 3.8) is 0 Å². The molecule has 4 heteroatoms. The van der Waals surface area contributed by atoms with Crippen molar-refractivity contribution in [2.45, 2.75) is 65.2 Å². The van der Waals surface area contributed by atoms with Gasteiger partial charge in [-0.3, -0.25) is 4.55 Å². The van der Waals surface area contributed by atoms with Crippen LogP contribution < -0.4 is 0 Å². The van der Waals surface area contributed by atoms with Gasteiger partial charge < -0.3 is 0 Å². The van der Waals surface area contributed by atoms with Crippen molar-refractivity contribution < 1.29 is 13.0 Å². The van der Waals surface area contributed by atoms with Crippen LogP contribution in [0, 0.1) is 20.8 Å². The predicted molar refractivity (Wildman–Crippen MR) is 78.6 cm³/mol. The van der Waals surface area contributed by atoms with Crippen LogP contribution in [0.5, 0.6) is 0 Å². The monoisotopic (exact) mass is 284 g/mol. The molecule has 0 aliphatic rings. The van der Waals surface area contributed by atoms with Gasteiger partial charge in [-0.05, 0) is 60.4 Å². The minimum Gasteiger partial charge on any atom is -0.282 e. The molecule has 0 spiro atoms. The van der Waals surface area contributed by atoms with Crippen LogP contribution in [0.15, 0.2) is 4.90 Å². The second kappa shape index (κ2) is 5.25. The quantitative estimate of drug-likeness (QED) is 0.850. The molecule has 0 aromatic heterocycles. The molecule has 0 saturated heterocycles. The van der Waals surface area contributed by atoms with Gasteiger partial charge in [-0.2, -0.15) is 8.42 Å². The second-order valence-electron chi connectivity index (χ2n) is 5.82. The first kappa shape index (κ1) is 16.2. The van der Waals surface area contributed by atoms with Crippen molar-refractivity contribution in [3.05, 3.63) is 27.8 Å². The average Bonchev–Trinajstić information content (AvgIpc) is 2.12. The third-order valence-electron chi connectivity index (χ3n) is 3.71. The molecule has 1 aromatic carbocycles. The van der Waals surface area contributed by atoms with Crippen LogP contribution in [0.1, 0.15) is 67.3 Å². The van der Waals surface area contributed by atoms with Crippen LogP contribution in [0.2, 0.25) is 0 Å². The zero-order valence-electron chi connectivity index (χ0n) is 12.8. The highest BCUT2D eigenvalue weighted by atomic mass is 32.2. The third-order valence-corrected chi connectivity index (χ3v) is 4.84. The zero-order valence-corrected chi connectivity index (χ0v) is 13.6. The summed E-state index contributed by atoms with van der Waals surface area (Å²) >= 11 is 0. The largest absolute Gasteiger partial charge is 0.295 e. The first-order valence-corrected chi connectivity index (χ1v) is 8.05. The normalized spacial score (nSPS) is 12.5. The Bertz CT molecular complexity index is 561. The lowest BCUT2D eigenvalue weighted by molar-refractivity contribution is 0.481. The lowest BCUT2D eigenvalue weighted by Crippen LogP contribution is -2.13. The third kappa shape index (κ3) is 2.84. The lowest BCUT2D eigenvalue weighted by atomic mass is 9.83. The Morgan fingerprint density at radius 1 is 0.789 bits per heavy atom. The fourth-order valence-corrected chi connectivity index (χ4v) is 4.35. The molecule has 1 N–H and O–H groups in total. The Balaban J connectivity index is 3.97. The smallest absolute Gasteiger partial charge is 0.282 e. The van der Waals surface area contributed by atoms with E-state index in [2.05, 4.69) is 0 Å². The summed E-state index contributed by atoms with van der Waals surface area (Å²) in [5, 5.41) is 0. The van der Waals surface area contributed by atoms with Gasteiger partial charge >= 0.3 is 0 Å². The molecule has 108 valence electrons. The van der Waals surface area contributed by atoms with Crippen LogP contribution in [-0.4, -0.2) is 13.0 Å². The summed E-state index contributed by atoms with van der Waals surface area (Å²) in [6.45, 7) is 13.8. The average molecular weight is 284 g/mol. The maximum Gasteiger partial charge on any atom is 0.295 e. The fourth-order valence-electron chi connectivity index (χ4n) is 3.35. The zero-order chi connectivity index (χ0) is 15.1. The van der Waals surface area contributed by atoms with E-state index in [0.717, 1.165) is 16.7 Å². The number of hydrogen-bond donors (Lipinski definition) is 1. The number of benzene rings is 1. The molecule has 1 rings (SSSR count). The van der Waals surface area contributed by atoms with Gasteiger partial charge in [0.05, 0.1) is 0 Å². The van der Waals surface area contributed by atoms with Gasteiger partial charge in [0, 0.05) is 0 Å². The van der Waals surface area contributed by atoms with Crippen molar-refractivity contribution >= 4 is 10.1 Å². The molecule has 0 unspecified atom stereocenters. The lowest BCUT2D eigenvalue weighted by Gasteiger charge is -2.24. The molecular formula is C15H24O3S. The first-order valence-electron chi connectivity index (χ1n) is 6.61. The van der Waals surface area contributed by atoms with E-state index in [0.29, 0.717) is 11.1 Å². The van der Waals surface area contributed by atoms with E-state index in [1.165, 1.54) is 0 Å². The Morgan fingerprint density at radius 2 is 1.11 bits per heavy atom. The summed E-state index contributed by atoms with van der Waals surface area (Å²) in [6, 6.07) is 0. The van der Waals surface area contributed by atoms with E-state index in [1.54, 1.807) is 13.8 Å². The molecule has 0 aliphatic carbocycles. The molecule has 1 aromatic rings. The molecule has 0 bridgehead atoms. The SMILES string of the molecule is Cc1c(C(C)C)c(C)c(S(=O)(=O)O)c(C)c1C(C)C. The van der Waals surface area contributed by atoms with Crippen LogP contribution in [0.25, 0.3) is 0 Å². The van der Waals surface area contributed by atoms with Crippen LogP contribution >= 0.6 is 0 Å². The molecule has 0 saturated carbocycles. The van der Waals surface area contributed by atoms with Crippen molar-refractivity contribution in [1.29, 1.82) is 0 Å². The van der Waals surface area contributed by atoms with E-state index in [-0.39, 0.29) is 16.7 Å². The second-order valence-corrected chi connectivity index (χ2v) is 7.17. The summed E-state index contributed by atoms with van der Waals surface area (Å²) in [5.74, 6) is 0.442.